The first-order valence-corrected chi connectivity index (χ1v) is 12.2. The molecule has 0 bridgehead atoms. The number of nitrogens with zero attached hydrogens (tertiary/aromatic N) is 1. The van der Waals surface area contributed by atoms with E-state index < -0.39 is 18.0 Å². The highest BCUT2D eigenvalue weighted by Gasteiger charge is 2.21. The molecule has 1 heterocycles. The second kappa shape index (κ2) is 11.8. The summed E-state index contributed by atoms with van der Waals surface area (Å²) in [5, 5.41) is 18.1. The molecule has 4 N–H and O–H groups in total. The van der Waals surface area contributed by atoms with Crippen LogP contribution < -0.4 is 16.0 Å². The van der Waals surface area contributed by atoms with E-state index in [0.717, 1.165) is 50.0 Å². The molecule has 34 heavy (non-hydrogen) atoms. The Kier molecular flexibility index (Phi) is 9.05. The predicted octanol–water partition coefficient (Wildman–Crippen LogP) is 4.45. The summed E-state index contributed by atoms with van der Waals surface area (Å²) < 4.78 is 14.6. The van der Waals surface area contributed by atoms with E-state index in [1.165, 1.54) is 5.56 Å². The van der Waals surface area contributed by atoms with Crippen LogP contribution in [-0.2, 0) is 13.0 Å². The van der Waals surface area contributed by atoms with Crippen molar-refractivity contribution in [1.82, 2.24) is 15.5 Å². The molecule has 0 saturated carbocycles. The number of likely N-dealkylation sites (tertiary alicyclic amines) is 1. The summed E-state index contributed by atoms with van der Waals surface area (Å²) in [4.78, 5) is 14.6. The lowest BCUT2D eigenvalue weighted by Gasteiger charge is -2.32. The van der Waals surface area contributed by atoms with Crippen molar-refractivity contribution in [2.24, 2.45) is 5.92 Å². The molecule has 2 amide bonds. The molecule has 1 unspecified atom stereocenters. The third-order valence-corrected chi connectivity index (χ3v) is 6.75. The van der Waals surface area contributed by atoms with Crippen LogP contribution in [-0.4, -0.2) is 48.3 Å². The summed E-state index contributed by atoms with van der Waals surface area (Å²) in [6, 6.07) is 12.9. The number of halogens is 1. The van der Waals surface area contributed by atoms with Gasteiger partial charge < -0.3 is 21.1 Å². The van der Waals surface area contributed by atoms with Crippen LogP contribution in [0, 0.1) is 11.7 Å². The van der Waals surface area contributed by atoms with Gasteiger partial charge in [-0.2, -0.15) is 0 Å². The first-order valence-electron chi connectivity index (χ1n) is 12.2. The van der Waals surface area contributed by atoms with Crippen LogP contribution in [0.25, 0.3) is 0 Å². The number of urea groups is 1. The molecule has 186 valence electrons. The molecule has 3 rings (SSSR count). The number of nitrogens with one attached hydrogen (secondary N) is 3. The molecule has 7 heteroatoms. The zero-order chi connectivity index (χ0) is 24.7. The minimum Gasteiger partial charge on any atom is -0.389 e. The van der Waals surface area contributed by atoms with Gasteiger partial charge in [-0.05, 0) is 94.9 Å². The van der Waals surface area contributed by atoms with Crippen molar-refractivity contribution >= 4 is 11.7 Å². The second-order valence-electron chi connectivity index (χ2n) is 10.1. The number of carbonyl (C=O) groups is 1. The Morgan fingerprint density at radius 3 is 2.38 bits per heavy atom. The quantitative estimate of drug-likeness (QED) is 0.437. The summed E-state index contributed by atoms with van der Waals surface area (Å²) in [6.45, 7) is 9.11. The molecule has 1 atom stereocenters. The van der Waals surface area contributed by atoms with Gasteiger partial charge in [-0.25, -0.2) is 9.18 Å². The molecule has 6 nitrogen and oxygen atoms in total. The van der Waals surface area contributed by atoms with E-state index in [1.807, 2.05) is 39.1 Å². The van der Waals surface area contributed by atoms with Gasteiger partial charge in [-0.1, -0.05) is 30.3 Å². The SMILES string of the molecule is CNC(C)(C)CNC(=O)Nc1ccc(CC2CCN(Cc3ccc(C(C)O)cc3)CC2)cc1F. The van der Waals surface area contributed by atoms with Crippen LogP contribution in [0.15, 0.2) is 42.5 Å². The third-order valence-electron chi connectivity index (χ3n) is 6.75. The molecular weight excluding hydrogens is 431 g/mol. The zero-order valence-corrected chi connectivity index (χ0v) is 20.8. The maximum Gasteiger partial charge on any atom is 0.319 e. The molecule has 0 spiro atoms. The number of anilines is 1. The highest BCUT2D eigenvalue weighted by atomic mass is 19.1. The lowest BCUT2D eigenvalue weighted by Crippen LogP contribution is -2.48. The van der Waals surface area contributed by atoms with E-state index in [-0.39, 0.29) is 11.2 Å². The number of rotatable bonds is 9. The Morgan fingerprint density at radius 1 is 1.15 bits per heavy atom. The predicted molar refractivity (Wildman–Crippen MR) is 135 cm³/mol. The van der Waals surface area contributed by atoms with E-state index in [9.17, 15) is 14.3 Å². The number of hydrogen-bond acceptors (Lipinski definition) is 4. The monoisotopic (exact) mass is 470 g/mol. The van der Waals surface area contributed by atoms with Crippen molar-refractivity contribution in [3.8, 4) is 0 Å². The van der Waals surface area contributed by atoms with Crippen LogP contribution in [0.2, 0.25) is 0 Å². The van der Waals surface area contributed by atoms with Gasteiger partial charge in [0.15, 0.2) is 0 Å². The van der Waals surface area contributed by atoms with Gasteiger partial charge in [0, 0.05) is 18.6 Å². The number of carbonyl (C=O) groups excluding carboxylic acids is 1. The molecule has 2 aromatic carbocycles. The van der Waals surface area contributed by atoms with Crippen LogP contribution in [0.1, 0.15) is 56.4 Å². The molecule has 2 aromatic rings. The van der Waals surface area contributed by atoms with Gasteiger partial charge in [0.1, 0.15) is 5.82 Å². The van der Waals surface area contributed by atoms with Gasteiger partial charge >= 0.3 is 6.03 Å². The van der Waals surface area contributed by atoms with Gasteiger partial charge in [0.25, 0.3) is 0 Å². The van der Waals surface area contributed by atoms with Crippen molar-refractivity contribution < 1.29 is 14.3 Å². The minimum absolute atomic E-state index is 0.194. The third kappa shape index (κ3) is 7.79. The summed E-state index contributed by atoms with van der Waals surface area (Å²) in [6.07, 6.45) is 2.57. The second-order valence-corrected chi connectivity index (χ2v) is 10.1. The normalized spacial score (nSPS) is 16.3. The number of aliphatic hydroxyl groups excluding tert-OH is 1. The Balaban J connectivity index is 1.45. The van der Waals surface area contributed by atoms with Gasteiger partial charge in [0.05, 0.1) is 11.8 Å². The average molecular weight is 471 g/mol. The van der Waals surface area contributed by atoms with Crippen molar-refractivity contribution in [2.45, 2.75) is 58.2 Å². The molecule has 1 aliphatic rings. The fourth-order valence-electron chi connectivity index (χ4n) is 4.18. The van der Waals surface area contributed by atoms with Crippen LogP contribution in [0.4, 0.5) is 14.9 Å². The summed E-state index contributed by atoms with van der Waals surface area (Å²) in [5.41, 5.74) is 3.12. The maximum atomic E-state index is 14.6. The molecule has 1 saturated heterocycles. The lowest BCUT2D eigenvalue weighted by atomic mass is 9.90. The molecule has 1 aliphatic heterocycles. The standard InChI is InChI=1S/C27H39FN4O2/c1-19(33)23-8-5-21(6-9-23)17-32-13-11-20(12-14-32)15-22-7-10-25(24(28)16-22)31-26(34)30-18-27(2,3)29-4/h5-10,16,19-20,29,33H,11-15,17-18H2,1-4H3,(H2,30,31,34). The lowest BCUT2D eigenvalue weighted by molar-refractivity contribution is 0.177. The Hall–Kier alpha value is -2.48. The van der Waals surface area contributed by atoms with Crippen molar-refractivity contribution in [1.29, 1.82) is 0 Å². The largest absolute Gasteiger partial charge is 0.389 e. The van der Waals surface area contributed by atoms with Crippen molar-refractivity contribution in [2.75, 3.05) is 32.0 Å². The zero-order valence-electron chi connectivity index (χ0n) is 20.8. The van der Waals surface area contributed by atoms with E-state index in [1.54, 1.807) is 19.1 Å². The fraction of sp³-hybridized carbons (Fsp3) is 0.519. The first kappa shape index (κ1) is 26.1. The highest BCUT2D eigenvalue weighted by Crippen LogP contribution is 2.25. The van der Waals surface area contributed by atoms with Crippen molar-refractivity contribution in [3.63, 3.8) is 0 Å². The smallest absolute Gasteiger partial charge is 0.319 e. The molecule has 0 aliphatic carbocycles. The van der Waals surface area contributed by atoms with E-state index >= 15 is 0 Å². The summed E-state index contributed by atoms with van der Waals surface area (Å²) >= 11 is 0. The Bertz CT molecular complexity index is 938. The summed E-state index contributed by atoms with van der Waals surface area (Å²) in [7, 11) is 1.83. The number of hydrogen-bond donors (Lipinski definition) is 4. The minimum atomic E-state index is -0.438. The first-order chi connectivity index (χ1) is 16.1. The van der Waals surface area contributed by atoms with E-state index in [0.29, 0.717) is 12.5 Å². The number of likely N-dealkylation sites (N-methyl/N-ethyl adjacent to an activating group) is 1. The van der Waals surface area contributed by atoms with Gasteiger partial charge in [-0.15, -0.1) is 0 Å². The molecular formula is C27H39FN4O2. The average Bonchev–Trinajstić information content (AvgIpc) is 2.81. The Morgan fingerprint density at radius 2 is 1.79 bits per heavy atom. The van der Waals surface area contributed by atoms with Gasteiger partial charge in [0.2, 0.25) is 0 Å². The van der Waals surface area contributed by atoms with Gasteiger partial charge in [-0.3, -0.25) is 4.90 Å². The van der Waals surface area contributed by atoms with E-state index in [4.69, 9.17) is 0 Å². The van der Waals surface area contributed by atoms with Crippen LogP contribution >= 0.6 is 0 Å². The molecule has 0 radical (unpaired) electrons. The number of benzene rings is 2. The highest BCUT2D eigenvalue weighted by molar-refractivity contribution is 5.89. The number of piperidine rings is 1. The van der Waals surface area contributed by atoms with E-state index in [2.05, 4.69) is 33.0 Å². The Labute approximate surface area is 202 Å². The molecule has 1 fully saturated rings. The molecule has 0 aromatic heterocycles. The summed E-state index contributed by atoms with van der Waals surface area (Å²) in [5.74, 6) is 0.123. The van der Waals surface area contributed by atoms with Crippen LogP contribution in [0.3, 0.4) is 0 Å². The van der Waals surface area contributed by atoms with Crippen LogP contribution in [0.5, 0.6) is 0 Å². The maximum absolute atomic E-state index is 14.6. The van der Waals surface area contributed by atoms with Crippen molar-refractivity contribution in [3.05, 3.63) is 65.0 Å². The topological polar surface area (TPSA) is 76.6 Å². The fourth-order valence-corrected chi connectivity index (χ4v) is 4.18. The number of aliphatic hydroxyl groups is 1. The number of amides is 2.